The molecule has 0 bridgehead atoms. The van der Waals surface area contributed by atoms with Crippen LogP contribution in [0.4, 0.5) is 0 Å². The molecule has 0 fully saturated rings. The molecule has 0 aliphatic carbocycles. The van der Waals surface area contributed by atoms with Gasteiger partial charge in [0.25, 0.3) is 0 Å². The topological polar surface area (TPSA) is 38.7 Å². The Labute approximate surface area is 126 Å². The van der Waals surface area contributed by atoms with Crippen molar-refractivity contribution in [2.24, 2.45) is 0 Å². The van der Waals surface area contributed by atoms with Crippen LogP contribution in [0.25, 0.3) is 32.9 Å². The van der Waals surface area contributed by atoms with E-state index in [4.69, 9.17) is 16.6 Å². The van der Waals surface area contributed by atoms with E-state index >= 15 is 0 Å². The average Bonchev–Trinajstić information content (AvgIpc) is 2.55. The van der Waals surface area contributed by atoms with Crippen molar-refractivity contribution >= 4 is 33.3 Å². The van der Waals surface area contributed by atoms with Crippen LogP contribution in [0, 0.1) is 0 Å². The summed E-state index contributed by atoms with van der Waals surface area (Å²) in [5, 5.41) is 3.46. The van der Waals surface area contributed by atoms with Gasteiger partial charge >= 0.3 is 0 Å². The predicted octanol–water partition coefficient (Wildman–Crippen LogP) is 4.50. The van der Waals surface area contributed by atoms with Gasteiger partial charge < -0.3 is 0 Å². The van der Waals surface area contributed by atoms with Crippen molar-refractivity contribution in [3.8, 4) is 11.3 Å². The minimum absolute atomic E-state index is 0.463. The molecule has 3 nitrogen and oxygen atoms in total. The van der Waals surface area contributed by atoms with Crippen LogP contribution in [0.5, 0.6) is 0 Å². The third kappa shape index (κ3) is 1.94. The van der Waals surface area contributed by atoms with Crippen LogP contribution in [-0.4, -0.2) is 15.0 Å². The van der Waals surface area contributed by atoms with E-state index in [2.05, 4.69) is 9.97 Å². The van der Waals surface area contributed by atoms with E-state index in [9.17, 15) is 0 Å². The van der Waals surface area contributed by atoms with Gasteiger partial charge in [0.05, 0.1) is 11.2 Å². The van der Waals surface area contributed by atoms with Gasteiger partial charge in [0.1, 0.15) is 5.15 Å². The molecule has 3 heterocycles. The molecule has 100 valence electrons. The van der Waals surface area contributed by atoms with Gasteiger partial charge in [-0.15, -0.1) is 0 Å². The zero-order chi connectivity index (χ0) is 14.2. The van der Waals surface area contributed by atoms with Gasteiger partial charge in [-0.2, -0.15) is 0 Å². The van der Waals surface area contributed by atoms with Crippen molar-refractivity contribution in [2.45, 2.75) is 0 Å². The Kier molecular flexibility index (Phi) is 2.79. The minimum Gasteiger partial charge on any atom is -0.264 e. The monoisotopic (exact) mass is 291 g/mol. The Morgan fingerprint density at radius 3 is 2.62 bits per heavy atom. The minimum atomic E-state index is 0.463. The van der Waals surface area contributed by atoms with E-state index < -0.39 is 0 Å². The SMILES string of the molecule is Clc1nccc2c1c(-c1cccnc1)nc1ccccc12. The molecular formula is C17H10ClN3. The number of benzene rings is 1. The lowest BCUT2D eigenvalue weighted by molar-refractivity contribution is 1.30. The molecular weight excluding hydrogens is 282 g/mol. The molecule has 0 radical (unpaired) electrons. The first-order valence-electron chi connectivity index (χ1n) is 6.58. The van der Waals surface area contributed by atoms with E-state index in [1.807, 2.05) is 42.5 Å². The molecule has 0 aliphatic heterocycles. The molecule has 1 aromatic carbocycles. The van der Waals surface area contributed by atoms with Gasteiger partial charge in [0.15, 0.2) is 0 Å². The van der Waals surface area contributed by atoms with E-state index in [1.54, 1.807) is 18.6 Å². The van der Waals surface area contributed by atoms with E-state index in [1.165, 1.54) is 0 Å². The van der Waals surface area contributed by atoms with Crippen LogP contribution in [-0.2, 0) is 0 Å². The first kappa shape index (κ1) is 12.2. The van der Waals surface area contributed by atoms with Crippen molar-refractivity contribution in [3.05, 3.63) is 66.2 Å². The summed E-state index contributed by atoms with van der Waals surface area (Å²) < 4.78 is 0. The Bertz CT molecular complexity index is 952. The highest BCUT2D eigenvalue weighted by atomic mass is 35.5. The first-order chi connectivity index (χ1) is 10.3. The van der Waals surface area contributed by atoms with Crippen molar-refractivity contribution < 1.29 is 0 Å². The van der Waals surface area contributed by atoms with Crippen molar-refractivity contribution in [1.82, 2.24) is 15.0 Å². The predicted molar refractivity (Wildman–Crippen MR) is 85.3 cm³/mol. The van der Waals surface area contributed by atoms with Crippen LogP contribution in [0.1, 0.15) is 0 Å². The van der Waals surface area contributed by atoms with Crippen LogP contribution >= 0.6 is 11.6 Å². The molecule has 0 spiro atoms. The summed E-state index contributed by atoms with van der Waals surface area (Å²) in [5.41, 5.74) is 2.68. The smallest absolute Gasteiger partial charge is 0.139 e. The molecule has 21 heavy (non-hydrogen) atoms. The van der Waals surface area contributed by atoms with Crippen molar-refractivity contribution in [1.29, 1.82) is 0 Å². The molecule has 4 rings (SSSR count). The third-order valence-corrected chi connectivity index (χ3v) is 3.79. The molecule has 0 saturated heterocycles. The van der Waals surface area contributed by atoms with Gasteiger partial charge in [-0.25, -0.2) is 9.97 Å². The standard InChI is InChI=1S/C17H10ClN3/c18-17-15-13(7-9-20-17)12-5-1-2-6-14(12)21-16(15)11-4-3-8-19-10-11/h1-10H. The highest BCUT2D eigenvalue weighted by molar-refractivity contribution is 6.36. The molecule has 0 saturated carbocycles. The Morgan fingerprint density at radius 1 is 0.857 bits per heavy atom. The van der Waals surface area contributed by atoms with Crippen LogP contribution in [0.15, 0.2) is 61.1 Å². The zero-order valence-corrected chi connectivity index (χ0v) is 11.7. The molecule has 3 aromatic heterocycles. The summed E-state index contributed by atoms with van der Waals surface area (Å²) in [6.07, 6.45) is 5.26. The summed E-state index contributed by atoms with van der Waals surface area (Å²) in [4.78, 5) is 13.1. The second-order valence-corrected chi connectivity index (χ2v) is 5.10. The van der Waals surface area contributed by atoms with Gasteiger partial charge in [-0.05, 0) is 29.7 Å². The number of fused-ring (bicyclic) bond motifs is 3. The Morgan fingerprint density at radius 2 is 1.76 bits per heavy atom. The Hall–Kier alpha value is -2.52. The van der Waals surface area contributed by atoms with E-state index in [0.717, 1.165) is 32.9 Å². The summed E-state index contributed by atoms with van der Waals surface area (Å²) in [5.74, 6) is 0. The maximum Gasteiger partial charge on any atom is 0.139 e. The molecule has 0 aliphatic rings. The molecule has 4 heteroatoms. The Balaban J connectivity index is 2.23. The van der Waals surface area contributed by atoms with Crippen LogP contribution in [0.2, 0.25) is 5.15 Å². The maximum atomic E-state index is 6.34. The second kappa shape index (κ2) is 4.79. The number of pyridine rings is 3. The lowest BCUT2D eigenvalue weighted by atomic mass is 10.0. The van der Waals surface area contributed by atoms with Crippen LogP contribution in [0.3, 0.4) is 0 Å². The number of rotatable bonds is 1. The third-order valence-electron chi connectivity index (χ3n) is 3.50. The summed E-state index contributed by atoms with van der Waals surface area (Å²) in [6.45, 7) is 0. The van der Waals surface area contributed by atoms with Crippen molar-refractivity contribution in [3.63, 3.8) is 0 Å². The number of nitrogens with zero attached hydrogens (tertiary/aromatic N) is 3. The summed E-state index contributed by atoms with van der Waals surface area (Å²) in [7, 11) is 0. The summed E-state index contributed by atoms with van der Waals surface area (Å²) in [6, 6.07) is 13.9. The fourth-order valence-corrected chi connectivity index (χ4v) is 2.82. The lowest BCUT2D eigenvalue weighted by Crippen LogP contribution is -1.92. The number of halogens is 1. The number of para-hydroxylation sites is 1. The van der Waals surface area contributed by atoms with E-state index in [0.29, 0.717) is 5.15 Å². The number of aromatic nitrogens is 3. The van der Waals surface area contributed by atoms with Gasteiger partial charge in [0, 0.05) is 34.9 Å². The fraction of sp³-hybridized carbons (Fsp3) is 0. The highest BCUT2D eigenvalue weighted by Gasteiger charge is 2.13. The van der Waals surface area contributed by atoms with E-state index in [-0.39, 0.29) is 0 Å². The summed E-state index contributed by atoms with van der Waals surface area (Å²) >= 11 is 6.34. The van der Waals surface area contributed by atoms with Gasteiger partial charge in [0.2, 0.25) is 0 Å². The average molecular weight is 292 g/mol. The number of hydrogen-bond donors (Lipinski definition) is 0. The highest BCUT2D eigenvalue weighted by Crippen LogP contribution is 2.35. The maximum absolute atomic E-state index is 6.34. The molecule has 0 atom stereocenters. The second-order valence-electron chi connectivity index (χ2n) is 4.74. The van der Waals surface area contributed by atoms with Gasteiger partial charge in [-0.1, -0.05) is 29.8 Å². The fourth-order valence-electron chi connectivity index (χ4n) is 2.57. The normalized spacial score (nSPS) is 11.1. The molecule has 4 aromatic rings. The molecule has 0 N–H and O–H groups in total. The first-order valence-corrected chi connectivity index (χ1v) is 6.96. The van der Waals surface area contributed by atoms with Crippen LogP contribution < -0.4 is 0 Å². The van der Waals surface area contributed by atoms with Gasteiger partial charge in [-0.3, -0.25) is 4.98 Å². The lowest BCUT2D eigenvalue weighted by Gasteiger charge is -2.10. The number of hydrogen-bond acceptors (Lipinski definition) is 3. The molecule has 0 unspecified atom stereocenters. The zero-order valence-electron chi connectivity index (χ0n) is 11.0. The van der Waals surface area contributed by atoms with Crippen molar-refractivity contribution in [2.75, 3.05) is 0 Å². The quantitative estimate of drug-likeness (QED) is 0.383. The largest absolute Gasteiger partial charge is 0.264 e. The molecule has 0 amide bonds.